The van der Waals surface area contributed by atoms with Crippen LogP contribution in [-0.4, -0.2) is 16.6 Å². The van der Waals surface area contributed by atoms with Crippen LogP contribution in [0.25, 0.3) is 0 Å². The van der Waals surface area contributed by atoms with Gasteiger partial charge in [-0.2, -0.15) is 0 Å². The Morgan fingerprint density at radius 1 is 0.750 bits per heavy atom. The van der Waals surface area contributed by atoms with E-state index in [0.29, 0.717) is 0 Å². The molecule has 0 aromatic carbocycles. The molecule has 0 saturated heterocycles. The number of unbranched alkanes of at least 4 members (excludes halogenated alkanes) is 13. The third-order valence-corrected chi connectivity index (χ3v) is 5.59. The minimum Gasteiger partial charge on any atom is -0.314 e. The summed E-state index contributed by atoms with van der Waals surface area (Å²) in [5, 5.41) is 2.15. The Bertz CT molecular complexity index is 319. The lowest BCUT2D eigenvalue weighted by atomic mass is 10.0. The highest BCUT2D eigenvalue weighted by atomic mass is 35.5. The number of halogens is 1. The number of nitrogens with zero attached hydrogens (tertiary/aromatic N) is 1. The lowest BCUT2D eigenvalue weighted by molar-refractivity contribution is 0.250. The van der Waals surface area contributed by atoms with E-state index in [0.717, 1.165) is 13.0 Å². The van der Waals surface area contributed by atoms with Crippen molar-refractivity contribution < 1.29 is 0 Å². The number of alkyl halides is 1. The highest BCUT2D eigenvalue weighted by Gasteiger charge is 2.27. The van der Waals surface area contributed by atoms with Crippen molar-refractivity contribution in [3.8, 4) is 0 Å². The van der Waals surface area contributed by atoms with Crippen molar-refractivity contribution >= 4 is 11.6 Å². The van der Waals surface area contributed by atoms with Crippen molar-refractivity contribution in [2.24, 2.45) is 0 Å². The Labute approximate surface area is 156 Å². The predicted molar refractivity (Wildman–Crippen MR) is 108 cm³/mol. The van der Waals surface area contributed by atoms with Crippen molar-refractivity contribution in [3.05, 3.63) is 12.3 Å². The largest absolute Gasteiger partial charge is 0.314 e. The van der Waals surface area contributed by atoms with Crippen molar-refractivity contribution in [2.45, 2.75) is 115 Å². The first kappa shape index (κ1) is 21.8. The second-order valence-electron chi connectivity index (χ2n) is 7.43. The Hall–Kier alpha value is -0.210. The van der Waals surface area contributed by atoms with E-state index in [1.807, 2.05) is 0 Å². The number of nitrogens with one attached hydrogen (secondary N) is 1. The lowest BCUT2D eigenvalue weighted by Crippen LogP contribution is -2.42. The van der Waals surface area contributed by atoms with Gasteiger partial charge < -0.3 is 5.01 Å². The standard InChI is InChI=1S/C21H41ClN2/c1-3-5-6-7-8-9-10-11-12-13-14-15-16-17-19-24-20-18-21(22,4-2)23-24/h18,20,23H,3-17,19H2,1-2H3. The summed E-state index contributed by atoms with van der Waals surface area (Å²) in [5.41, 5.74) is 3.35. The van der Waals surface area contributed by atoms with E-state index in [4.69, 9.17) is 11.6 Å². The van der Waals surface area contributed by atoms with Crippen molar-refractivity contribution in [3.63, 3.8) is 0 Å². The normalized spacial score (nSPS) is 20.2. The van der Waals surface area contributed by atoms with Crippen LogP contribution in [0.5, 0.6) is 0 Å². The van der Waals surface area contributed by atoms with Gasteiger partial charge in [0, 0.05) is 12.7 Å². The third-order valence-electron chi connectivity index (χ3n) is 5.12. The van der Waals surface area contributed by atoms with Gasteiger partial charge in [0.25, 0.3) is 0 Å². The van der Waals surface area contributed by atoms with Gasteiger partial charge in [0.15, 0.2) is 0 Å². The van der Waals surface area contributed by atoms with Crippen LogP contribution in [-0.2, 0) is 0 Å². The minimum atomic E-state index is -0.337. The summed E-state index contributed by atoms with van der Waals surface area (Å²) in [7, 11) is 0. The van der Waals surface area contributed by atoms with Crippen molar-refractivity contribution in [1.29, 1.82) is 0 Å². The molecule has 1 aliphatic heterocycles. The zero-order valence-electron chi connectivity index (χ0n) is 16.3. The average Bonchev–Trinajstić information content (AvgIpc) is 2.97. The predicted octanol–water partition coefficient (Wildman–Crippen LogP) is 7.15. The molecule has 1 heterocycles. The number of hydrogen-bond acceptors (Lipinski definition) is 2. The van der Waals surface area contributed by atoms with E-state index in [9.17, 15) is 0 Å². The fourth-order valence-corrected chi connectivity index (χ4v) is 3.49. The Morgan fingerprint density at radius 3 is 1.62 bits per heavy atom. The van der Waals surface area contributed by atoms with Gasteiger partial charge in [0.1, 0.15) is 5.00 Å². The van der Waals surface area contributed by atoms with E-state index in [2.05, 4.69) is 36.6 Å². The second-order valence-corrected chi connectivity index (χ2v) is 8.11. The van der Waals surface area contributed by atoms with Gasteiger partial charge in [0.05, 0.1) is 0 Å². The van der Waals surface area contributed by atoms with Gasteiger partial charge in [-0.15, -0.1) is 0 Å². The summed E-state index contributed by atoms with van der Waals surface area (Å²) in [5.74, 6) is 0. The zero-order valence-corrected chi connectivity index (χ0v) is 17.0. The molecule has 1 N–H and O–H groups in total. The van der Waals surface area contributed by atoms with E-state index in [1.54, 1.807) is 0 Å². The molecule has 0 radical (unpaired) electrons. The number of hydrogen-bond donors (Lipinski definition) is 1. The molecule has 1 aliphatic rings. The van der Waals surface area contributed by atoms with E-state index in [-0.39, 0.29) is 5.00 Å². The molecule has 1 rings (SSSR count). The number of hydrazine groups is 1. The minimum absolute atomic E-state index is 0.337. The van der Waals surface area contributed by atoms with Crippen LogP contribution < -0.4 is 5.43 Å². The van der Waals surface area contributed by atoms with Gasteiger partial charge in [-0.1, -0.05) is 109 Å². The Kier molecular flexibility index (Phi) is 12.7. The van der Waals surface area contributed by atoms with E-state index < -0.39 is 0 Å². The van der Waals surface area contributed by atoms with Crippen LogP contribution in [0.4, 0.5) is 0 Å². The summed E-state index contributed by atoms with van der Waals surface area (Å²) in [6.45, 7) is 5.47. The van der Waals surface area contributed by atoms with Gasteiger partial charge in [-0.05, 0) is 18.9 Å². The SMILES string of the molecule is CCCCCCCCCCCCCCCCN1C=CC(Cl)(CC)N1. The molecule has 0 bridgehead atoms. The molecule has 142 valence electrons. The maximum Gasteiger partial charge on any atom is 0.130 e. The molecule has 0 amide bonds. The highest BCUT2D eigenvalue weighted by molar-refractivity contribution is 6.25. The summed E-state index contributed by atoms with van der Waals surface area (Å²) in [4.78, 5) is -0.337. The van der Waals surface area contributed by atoms with Crippen LogP contribution in [0.3, 0.4) is 0 Å². The number of rotatable bonds is 16. The molecule has 3 heteroatoms. The van der Waals surface area contributed by atoms with Crippen LogP contribution >= 0.6 is 11.6 Å². The second kappa shape index (κ2) is 14.0. The molecule has 0 saturated carbocycles. The van der Waals surface area contributed by atoms with Crippen LogP contribution in [0.15, 0.2) is 12.3 Å². The fourth-order valence-electron chi connectivity index (χ4n) is 3.33. The molecule has 0 fully saturated rings. The molecular weight excluding hydrogens is 316 g/mol. The van der Waals surface area contributed by atoms with Crippen molar-refractivity contribution in [1.82, 2.24) is 10.4 Å². The Balaban J connectivity index is 1.76. The van der Waals surface area contributed by atoms with Gasteiger partial charge in [0.2, 0.25) is 0 Å². The molecule has 1 unspecified atom stereocenters. The summed E-state index contributed by atoms with van der Waals surface area (Å²) >= 11 is 6.38. The molecule has 0 aromatic rings. The molecule has 0 aliphatic carbocycles. The smallest absolute Gasteiger partial charge is 0.130 e. The van der Waals surface area contributed by atoms with Crippen molar-refractivity contribution in [2.75, 3.05) is 6.54 Å². The summed E-state index contributed by atoms with van der Waals surface area (Å²) < 4.78 is 0. The summed E-state index contributed by atoms with van der Waals surface area (Å²) in [6.07, 6.45) is 24.8. The average molecular weight is 357 g/mol. The quantitative estimate of drug-likeness (QED) is 0.179. The molecule has 24 heavy (non-hydrogen) atoms. The van der Waals surface area contributed by atoms with Gasteiger partial charge in [-0.3, -0.25) is 0 Å². The Morgan fingerprint density at radius 2 is 1.21 bits per heavy atom. The third kappa shape index (κ3) is 10.6. The van der Waals surface area contributed by atoms with Gasteiger partial charge >= 0.3 is 0 Å². The molecular formula is C21H41ClN2. The van der Waals surface area contributed by atoms with Crippen LogP contribution in [0, 0.1) is 0 Å². The maximum absolute atomic E-state index is 6.38. The summed E-state index contributed by atoms with van der Waals surface area (Å²) in [6, 6.07) is 0. The molecule has 1 atom stereocenters. The zero-order chi connectivity index (χ0) is 17.5. The molecule has 0 aromatic heterocycles. The first-order chi connectivity index (χ1) is 11.7. The lowest BCUT2D eigenvalue weighted by Gasteiger charge is -2.24. The monoisotopic (exact) mass is 356 g/mol. The first-order valence-electron chi connectivity index (χ1n) is 10.6. The molecule has 2 nitrogen and oxygen atoms in total. The van der Waals surface area contributed by atoms with E-state index in [1.165, 1.54) is 89.9 Å². The van der Waals surface area contributed by atoms with Crippen LogP contribution in [0.2, 0.25) is 0 Å². The maximum atomic E-state index is 6.38. The van der Waals surface area contributed by atoms with Crippen LogP contribution in [0.1, 0.15) is 110 Å². The highest BCUT2D eigenvalue weighted by Crippen LogP contribution is 2.23. The molecule has 0 spiro atoms. The topological polar surface area (TPSA) is 15.3 Å². The van der Waals surface area contributed by atoms with E-state index >= 15 is 0 Å². The van der Waals surface area contributed by atoms with Gasteiger partial charge in [-0.25, -0.2) is 5.43 Å². The first-order valence-corrected chi connectivity index (χ1v) is 11.0. The fraction of sp³-hybridized carbons (Fsp3) is 0.905.